The molecular formula is C15H24F2O. The summed E-state index contributed by atoms with van der Waals surface area (Å²) in [5, 5.41) is 0. The molecule has 1 nitrogen and oxygen atoms in total. The van der Waals surface area contributed by atoms with E-state index in [0.29, 0.717) is 12.2 Å². The fourth-order valence-corrected chi connectivity index (χ4v) is 1.75. The van der Waals surface area contributed by atoms with E-state index in [4.69, 9.17) is 4.74 Å². The van der Waals surface area contributed by atoms with Crippen molar-refractivity contribution < 1.29 is 13.5 Å². The lowest BCUT2D eigenvalue weighted by molar-refractivity contribution is 0.222. The van der Waals surface area contributed by atoms with Crippen LogP contribution in [0.3, 0.4) is 0 Å². The van der Waals surface area contributed by atoms with Crippen LogP contribution in [-0.4, -0.2) is 6.61 Å². The molecule has 0 aliphatic carbocycles. The van der Waals surface area contributed by atoms with E-state index >= 15 is 0 Å². The molecule has 0 radical (unpaired) electrons. The molecule has 0 bridgehead atoms. The van der Waals surface area contributed by atoms with Gasteiger partial charge in [0.1, 0.15) is 5.82 Å². The van der Waals surface area contributed by atoms with E-state index in [1.54, 1.807) is 0 Å². The molecule has 1 heterocycles. The van der Waals surface area contributed by atoms with E-state index in [0.717, 1.165) is 12.5 Å². The molecule has 2 rings (SSSR count). The van der Waals surface area contributed by atoms with E-state index in [1.165, 1.54) is 6.07 Å². The Kier molecular flexibility index (Phi) is 6.89. The van der Waals surface area contributed by atoms with Crippen LogP contribution in [0.4, 0.5) is 8.78 Å². The maximum absolute atomic E-state index is 13.3. The number of hydrogen-bond acceptors (Lipinski definition) is 1. The van der Waals surface area contributed by atoms with Gasteiger partial charge in [0.25, 0.3) is 0 Å². The summed E-state index contributed by atoms with van der Waals surface area (Å²) in [5.41, 5.74) is 0.414. The van der Waals surface area contributed by atoms with Gasteiger partial charge in [0.05, 0.1) is 6.61 Å². The highest BCUT2D eigenvalue weighted by Crippen LogP contribution is 2.40. The zero-order valence-electron chi connectivity index (χ0n) is 12.2. The first-order valence-electron chi connectivity index (χ1n) is 6.63. The number of halogens is 2. The highest BCUT2D eigenvalue weighted by atomic mass is 19.1. The van der Waals surface area contributed by atoms with Crippen LogP contribution in [0.5, 0.6) is 5.75 Å². The standard InChI is InChI=1S/C11H12F2O.2C2H6/c1-11(2)3-4-14-10-8(11)5-7(12)6-9(10)13;2*1-2/h5-6H,3-4H2,1-2H3;2*1-2H3. The smallest absolute Gasteiger partial charge is 0.168 e. The average Bonchev–Trinajstić information content (AvgIpc) is 2.35. The quantitative estimate of drug-likeness (QED) is 0.630. The Bertz CT molecular complexity index is 373. The van der Waals surface area contributed by atoms with Gasteiger partial charge in [-0.2, -0.15) is 0 Å². The molecular weight excluding hydrogens is 234 g/mol. The number of fused-ring (bicyclic) bond motifs is 1. The number of benzene rings is 1. The minimum Gasteiger partial charge on any atom is -0.490 e. The summed E-state index contributed by atoms with van der Waals surface area (Å²) in [6.45, 7) is 12.4. The molecule has 0 spiro atoms. The molecule has 0 atom stereocenters. The topological polar surface area (TPSA) is 9.23 Å². The zero-order chi connectivity index (χ0) is 14.3. The van der Waals surface area contributed by atoms with Crippen LogP contribution in [0.15, 0.2) is 12.1 Å². The van der Waals surface area contributed by atoms with Crippen LogP contribution in [0.1, 0.15) is 53.5 Å². The van der Waals surface area contributed by atoms with Crippen molar-refractivity contribution in [3.8, 4) is 5.75 Å². The van der Waals surface area contributed by atoms with Gasteiger partial charge in [-0.15, -0.1) is 0 Å². The Balaban J connectivity index is 0.000000659. The van der Waals surface area contributed by atoms with Gasteiger partial charge < -0.3 is 4.74 Å². The van der Waals surface area contributed by atoms with Crippen molar-refractivity contribution in [2.45, 2.75) is 53.4 Å². The summed E-state index contributed by atoms with van der Waals surface area (Å²) in [7, 11) is 0. The summed E-state index contributed by atoms with van der Waals surface area (Å²) < 4.78 is 31.5. The summed E-state index contributed by atoms with van der Waals surface area (Å²) >= 11 is 0. The number of hydrogen-bond donors (Lipinski definition) is 0. The molecule has 0 saturated carbocycles. The normalized spacial score (nSPS) is 15.1. The Morgan fingerprint density at radius 3 is 2.17 bits per heavy atom. The minimum absolute atomic E-state index is 0.211. The van der Waals surface area contributed by atoms with Gasteiger partial charge in [0.15, 0.2) is 11.6 Å². The van der Waals surface area contributed by atoms with E-state index in [2.05, 4.69) is 0 Å². The Morgan fingerprint density at radius 2 is 1.61 bits per heavy atom. The van der Waals surface area contributed by atoms with Crippen LogP contribution in [-0.2, 0) is 5.41 Å². The SMILES string of the molecule is CC.CC.CC1(C)CCOc2c(F)cc(F)cc21. The van der Waals surface area contributed by atoms with Gasteiger partial charge in [-0.3, -0.25) is 0 Å². The number of rotatable bonds is 0. The van der Waals surface area contributed by atoms with Gasteiger partial charge in [-0.1, -0.05) is 41.5 Å². The molecule has 104 valence electrons. The van der Waals surface area contributed by atoms with E-state index in [9.17, 15) is 8.78 Å². The Labute approximate surface area is 109 Å². The van der Waals surface area contributed by atoms with Crippen LogP contribution >= 0.6 is 0 Å². The van der Waals surface area contributed by atoms with E-state index in [1.807, 2.05) is 41.5 Å². The molecule has 0 amide bonds. The molecule has 0 fully saturated rings. The van der Waals surface area contributed by atoms with E-state index in [-0.39, 0.29) is 11.2 Å². The average molecular weight is 258 g/mol. The van der Waals surface area contributed by atoms with Gasteiger partial charge in [0, 0.05) is 11.6 Å². The summed E-state index contributed by atoms with van der Waals surface area (Å²) in [6, 6.07) is 2.22. The van der Waals surface area contributed by atoms with Crippen molar-refractivity contribution in [1.82, 2.24) is 0 Å². The summed E-state index contributed by atoms with van der Waals surface area (Å²) in [4.78, 5) is 0. The van der Waals surface area contributed by atoms with Crippen molar-refractivity contribution >= 4 is 0 Å². The summed E-state index contributed by atoms with van der Waals surface area (Å²) in [5.74, 6) is -0.935. The molecule has 0 N–H and O–H groups in total. The Morgan fingerprint density at radius 1 is 1.06 bits per heavy atom. The van der Waals surface area contributed by atoms with Gasteiger partial charge in [-0.05, 0) is 17.9 Å². The third-order valence-electron chi connectivity index (χ3n) is 2.71. The van der Waals surface area contributed by atoms with Crippen molar-refractivity contribution in [2.24, 2.45) is 0 Å². The zero-order valence-corrected chi connectivity index (χ0v) is 12.2. The lowest BCUT2D eigenvalue weighted by Gasteiger charge is -2.32. The monoisotopic (exact) mass is 258 g/mol. The molecule has 0 saturated heterocycles. The molecule has 3 heteroatoms. The molecule has 1 aliphatic rings. The van der Waals surface area contributed by atoms with Crippen molar-refractivity contribution in [3.05, 3.63) is 29.3 Å². The molecule has 0 unspecified atom stereocenters. The second-order valence-electron chi connectivity index (χ2n) is 4.25. The molecule has 0 aromatic heterocycles. The minimum atomic E-state index is -0.604. The first kappa shape index (κ1) is 16.9. The predicted molar refractivity (Wildman–Crippen MR) is 72.2 cm³/mol. The maximum Gasteiger partial charge on any atom is 0.168 e. The highest BCUT2D eigenvalue weighted by Gasteiger charge is 2.31. The fraction of sp³-hybridized carbons (Fsp3) is 0.600. The highest BCUT2D eigenvalue weighted by molar-refractivity contribution is 5.42. The Hall–Kier alpha value is -1.12. The second-order valence-corrected chi connectivity index (χ2v) is 4.25. The molecule has 18 heavy (non-hydrogen) atoms. The number of ether oxygens (including phenoxy) is 1. The van der Waals surface area contributed by atoms with Crippen LogP contribution < -0.4 is 4.74 Å². The lowest BCUT2D eigenvalue weighted by Crippen LogP contribution is -2.27. The van der Waals surface area contributed by atoms with Crippen molar-refractivity contribution in [3.63, 3.8) is 0 Å². The van der Waals surface area contributed by atoms with Gasteiger partial charge in [-0.25, -0.2) is 8.78 Å². The second kappa shape index (κ2) is 7.34. The largest absolute Gasteiger partial charge is 0.490 e. The first-order chi connectivity index (χ1) is 8.50. The van der Waals surface area contributed by atoms with Gasteiger partial charge in [0.2, 0.25) is 0 Å². The van der Waals surface area contributed by atoms with E-state index < -0.39 is 11.6 Å². The van der Waals surface area contributed by atoms with Crippen LogP contribution in [0.25, 0.3) is 0 Å². The van der Waals surface area contributed by atoms with Crippen LogP contribution in [0, 0.1) is 11.6 Å². The third-order valence-corrected chi connectivity index (χ3v) is 2.71. The van der Waals surface area contributed by atoms with Crippen LogP contribution in [0.2, 0.25) is 0 Å². The predicted octanol–water partition coefficient (Wildman–Crippen LogP) is 5.08. The summed E-state index contributed by atoms with van der Waals surface area (Å²) in [6.07, 6.45) is 0.781. The molecule has 1 aromatic rings. The van der Waals surface area contributed by atoms with Gasteiger partial charge >= 0.3 is 0 Å². The fourth-order valence-electron chi connectivity index (χ4n) is 1.75. The third kappa shape index (κ3) is 3.69. The lowest BCUT2D eigenvalue weighted by atomic mass is 9.80. The molecule has 1 aliphatic heterocycles. The maximum atomic E-state index is 13.3. The van der Waals surface area contributed by atoms with Crippen molar-refractivity contribution in [2.75, 3.05) is 6.61 Å². The molecule has 1 aromatic carbocycles. The van der Waals surface area contributed by atoms with Crippen molar-refractivity contribution in [1.29, 1.82) is 0 Å². The first-order valence-corrected chi connectivity index (χ1v) is 6.63.